The van der Waals surface area contributed by atoms with Crippen LogP contribution in [0.5, 0.6) is 0 Å². The summed E-state index contributed by atoms with van der Waals surface area (Å²) < 4.78 is 5.36. The number of esters is 1. The SMILES string of the molecule is O=C1O[C@@H](CC(=O)N2CCN(c3ccc([N+](=O)[O-])cc3)CC2)c2ccccc21. The first-order chi connectivity index (χ1) is 13.5. The number of rotatable bonds is 4. The Bertz CT molecular complexity index is 920. The van der Waals surface area contributed by atoms with Gasteiger partial charge < -0.3 is 14.5 Å². The Morgan fingerprint density at radius 1 is 1.07 bits per heavy atom. The second-order valence-electron chi connectivity index (χ2n) is 6.83. The number of non-ortho nitro benzene ring substituents is 1. The number of carbonyl (C=O) groups is 2. The van der Waals surface area contributed by atoms with Crippen molar-refractivity contribution in [2.75, 3.05) is 31.1 Å². The lowest BCUT2D eigenvalue weighted by Crippen LogP contribution is -2.49. The fourth-order valence-corrected chi connectivity index (χ4v) is 3.66. The molecule has 0 radical (unpaired) electrons. The molecule has 0 saturated carbocycles. The zero-order valence-corrected chi connectivity index (χ0v) is 15.1. The number of amides is 1. The van der Waals surface area contributed by atoms with E-state index in [1.807, 2.05) is 12.1 Å². The summed E-state index contributed by atoms with van der Waals surface area (Å²) in [7, 11) is 0. The Kier molecular flexibility index (Phi) is 4.68. The highest BCUT2D eigenvalue weighted by molar-refractivity contribution is 5.94. The summed E-state index contributed by atoms with van der Waals surface area (Å²) in [5.41, 5.74) is 2.26. The third-order valence-electron chi connectivity index (χ3n) is 5.19. The molecule has 0 aromatic heterocycles. The van der Waals surface area contributed by atoms with Crippen LogP contribution in [0.15, 0.2) is 48.5 Å². The largest absolute Gasteiger partial charge is 0.453 e. The maximum absolute atomic E-state index is 12.7. The summed E-state index contributed by atoms with van der Waals surface area (Å²) in [5.74, 6) is -0.422. The van der Waals surface area contributed by atoms with Crippen molar-refractivity contribution >= 4 is 23.3 Å². The molecule has 8 heteroatoms. The van der Waals surface area contributed by atoms with E-state index in [1.54, 1.807) is 29.2 Å². The zero-order valence-electron chi connectivity index (χ0n) is 15.1. The summed E-state index contributed by atoms with van der Waals surface area (Å²) in [5, 5.41) is 10.8. The summed E-state index contributed by atoms with van der Waals surface area (Å²) in [6.45, 7) is 2.39. The van der Waals surface area contributed by atoms with Crippen LogP contribution < -0.4 is 4.90 Å². The predicted octanol–water partition coefficient (Wildman–Crippen LogP) is 2.55. The van der Waals surface area contributed by atoms with E-state index in [4.69, 9.17) is 4.74 Å². The molecule has 1 fully saturated rings. The van der Waals surface area contributed by atoms with E-state index in [1.165, 1.54) is 12.1 Å². The molecule has 8 nitrogen and oxygen atoms in total. The minimum absolute atomic E-state index is 0.0437. The number of hydrogen-bond acceptors (Lipinski definition) is 6. The first-order valence-corrected chi connectivity index (χ1v) is 9.10. The second kappa shape index (κ2) is 7.30. The van der Waals surface area contributed by atoms with Gasteiger partial charge in [-0.2, -0.15) is 0 Å². The van der Waals surface area contributed by atoms with E-state index in [0.717, 1.165) is 11.3 Å². The van der Waals surface area contributed by atoms with Crippen molar-refractivity contribution in [3.05, 3.63) is 69.8 Å². The van der Waals surface area contributed by atoms with Crippen LogP contribution in [-0.4, -0.2) is 47.9 Å². The molecule has 0 bridgehead atoms. The molecule has 4 rings (SSSR count). The lowest BCUT2D eigenvalue weighted by atomic mass is 10.0. The van der Waals surface area contributed by atoms with Crippen molar-refractivity contribution in [3.63, 3.8) is 0 Å². The van der Waals surface area contributed by atoms with Crippen LogP contribution in [0.4, 0.5) is 11.4 Å². The van der Waals surface area contributed by atoms with E-state index in [-0.39, 0.29) is 24.0 Å². The topological polar surface area (TPSA) is 93.0 Å². The first-order valence-electron chi connectivity index (χ1n) is 9.10. The highest BCUT2D eigenvalue weighted by atomic mass is 16.6. The van der Waals surface area contributed by atoms with Crippen LogP contribution in [0.2, 0.25) is 0 Å². The molecule has 2 heterocycles. The number of hydrogen-bond donors (Lipinski definition) is 0. The minimum Gasteiger partial charge on any atom is -0.453 e. The van der Waals surface area contributed by atoms with Crippen molar-refractivity contribution in [2.24, 2.45) is 0 Å². The molecule has 0 spiro atoms. The normalized spacial score (nSPS) is 18.6. The van der Waals surface area contributed by atoms with Crippen molar-refractivity contribution in [3.8, 4) is 0 Å². The fraction of sp³-hybridized carbons (Fsp3) is 0.300. The number of nitro groups is 1. The third kappa shape index (κ3) is 3.40. The zero-order chi connectivity index (χ0) is 19.7. The van der Waals surface area contributed by atoms with Crippen molar-refractivity contribution in [1.82, 2.24) is 4.90 Å². The lowest BCUT2D eigenvalue weighted by Gasteiger charge is -2.36. The molecular weight excluding hydrogens is 362 g/mol. The van der Waals surface area contributed by atoms with E-state index in [0.29, 0.717) is 31.7 Å². The molecule has 2 aromatic rings. The predicted molar refractivity (Wildman–Crippen MR) is 101 cm³/mol. The van der Waals surface area contributed by atoms with Gasteiger partial charge in [-0.15, -0.1) is 0 Å². The van der Waals surface area contributed by atoms with Crippen molar-refractivity contribution < 1.29 is 19.2 Å². The molecule has 1 atom stereocenters. The summed E-state index contributed by atoms with van der Waals surface area (Å²) in [6.07, 6.45) is -0.385. The molecular formula is C20H19N3O5. The van der Waals surface area contributed by atoms with Gasteiger partial charge in [0.05, 0.1) is 16.9 Å². The van der Waals surface area contributed by atoms with Crippen LogP contribution in [-0.2, 0) is 9.53 Å². The number of carbonyl (C=O) groups excluding carboxylic acids is 2. The number of piperazine rings is 1. The number of anilines is 1. The lowest BCUT2D eigenvalue weighted by molar-refractivity contribution is -0.384. The van der Waals surface area contributed by atoms with Gasteiger partial charge >= 0.3 is 5.97 Å². The summed E-state index contributed by atoms with van der Waals surface area (Å²) in [4.78, 5) is 38.8. The van der Waals surface area contributed by atoms with Gasteiger partial charge in [0.2, 0.25) is 5.91 Å². The number of fused-ring (bicyclic) bond motifs is 1. The molecule has 144 valence electrons. The van der Waals surface area contributed by atoms with E-state index >= 15 is 0 Å². The van der Waals surface area contributed by atoms with Crippen LogP contribution >= 0.6 is 0 Å². The van der Waals surface area contributed by atoms with Crippen LogP contribution in [0.25, 0.3) is 0 Å². The van der Waals surface area contributed by atoms with Crippen LogP contribution in [0.3, 0.4) is 0 Å². The summed E-state index contributed by atoms with van der Waals surface area (Å²) >= 11 is 0. The monoisotopic (exact) mass is 381 g/mol. The average Bonchev–Trinajstić information content (AvgIpc) is 3.04. The Hall–Kier alpha value is -3.42. The smallest absolute Gasteiger partial charge is 0.339 e. The highest BCUT2D eigenvalue weighted by Crippen LogP contribution is 2.33. The van der Waals surface area contributed by atoms with Gasteiger partial charge in [-0.25, -0.2) is 4.79 Å². The average molecular weight is 381 g/mol. The number of cyclic esters (lactones) is 1. The molecule has 1 amide bonds. The minimum atomic E-state index is -0.524. The van der Waals surface area contributed by atoms with Gasteiger partial charge in [0.25, 0.3) is 5.69 Å². The number of ether oxygens (including phenoxy) is 1. The fourth-order valence-electron chi connectivity index (χ4n) is 3.66. The molecule has 0 N–H and O–H groups in total. The first kappa shape index (κ1) is 18.0. The second-order valence-corrected chi connectivity index (χ2v) is 6.83. The third-order valence-corrected chi connectivity index (χ3v) is 5.19. The van der Waals surface area contributed by atoms with E-state index in [2.05, 4.69) is 4.90 Å². The van der Waals surface area contributed by atoms with Gasteiger partial charge in [-0.3, -0.25) is 14.9 Å². The summed E-state index contributed by atoms with van der Waals surface area (Å²) in [6, 6.07) is 13.6. The highest BCUT2D eigenvalue weighted by Gasteiger charge is 2.33. The Labute approximate surface area is 161 Å². The molecule has 1 saturated heterocycles. The number of nitro benzene ring substituents is 1. The Morgan fingerprint density at radius 2 is 1.75 bits per heavy atom. The van der Waals surface area contributed by atoms with E-state index in [9.17, 15) is 19.7 Å². The standard InChI is InChI=1S/C20H19N3O5/c24-19(13-18-16-3-1-2-4-17(16)20(25)28-18)22-11-9-21(10-12-22)14-5-7-15(8-6-14)23(26)27/h1-8,18H,9-13H2/t18-/m0/s1. The molecule has 0 unspecified atom stereocenters. The Morgan fingerprint density at radius 3 is 2.43 bits per heavy atom. The van der Waals surface area contributed by atoms with Gasteiger partial charge in [-0.05, 0) is 18.2 Å². The van der Waals surface area contributed by atoms with Crippen LogP contribution in [0.1, 0.15) is 28.4 Å². The van der Waals surface area contributed by atoms with Gasteiger partial charge in [-0.1, -0.05) is 18.2 Å². The van der Waals surface area contributed by atoms with Crippen LogP contribution in [0, 0.1) is 10.1 Å². The van der Waals surface area contributed by atoms with Crippen molar-refractivity contribution in [1.29, 1.82) is 0 Å². The number of nitrogens with zero attached hydrogens (tertiary/aromatic N) is 3. The van der Waals surface area contributed by atoms with Gasteiger partial charge in [0.15, 0.2) is 0 Å². The quantitative estimate of drug-likeness (QED) is 0.459. The molecule has 2 aromatic carbocycles. The Balaban J connectivity index is 1.34. The molecule has 28 heavy (non-hydrogen) atoms. The van der Waals surface area contributed by atoms with Crippen molar-refractivity contribution in [2.45, 2.75) is 12.5 Å². The number of benzene rings is 2. The van der Waals surface area contributed by atoms with E-state index < -0.39 is 11.0 Å². The molecule has 2 aliphatic rings. The van der Waals surface area contributed by atoms with Gasteiger partial charge in [0, 0.05) is 49.6 Å². The molecule has 0 aliphatic carbocycles. The molecule has 2 aliphatic heterocycles. The van der Waals surface area contributed by atoms with Gasteiger partial charge in [0.1, 0.15) is 6.10 Å². The maximum atomic E-state index is 12.7. The maximum Gasteiger partial charge on any atom is 0.339 e.